The van der Waals surface area contributed by atoms with Gasteiger partial charge in [0.2, 0.25) is 0 Å². The van der Waals surface area contributed by atoms with Crippen LogP contribution in [0.25, 0.3) is 0 Å². The van der Waals surface area contributed by atoms with Gasteiger partial charge in [-0.2, -0.15) is 0 Å². The number of aryl methyl sites for hydroxylation is 1. The summed E-state index contributed by atoms with van der Waals surface area (Å²) in [5.74, 6) is 2.58. The van der Waals surface area contributed by atoms with E-state index in [-0.39, 0.29) is 0 Å². The molecule has 1 aliphatic heterocycles. The molecule has 0 spiro atoms. The Hall–Kier alpha value is -2.30. The van der Waals surface area contributed by atoms with Gasteiger partial charge in [-0.05, 0) is 63.3 Å². The van der Waals surface area contributed by atoms with E-state index in [1.807, 2.05) is 13.0 Å². The SMILES string of the molecule is Cc1nc(Nc2ccc(N3CCCCC3)cc2)cc(NC2CCCCC2)n1. The van der Waals surface area contributed by atoms with E-state index < -0.39 is 0 Å². The second kappa shape index (κ2) is 8.59. The van der Waals surface area contributed by atoms with E-state index in [0.29, 0.717) is 6.04 Å². The van der Waals surface area contributed by atoms with Crippen LogP contribution < -0.4 is 15.5 Å². The number of hydrogen-bond acceptors (Lipinski definition) is 5. The Bertz CT molecular complexity index is 731. The summed E-state index contributed by atoms with van der Waals surface area (Å²) < 4.78 is 0. The summed E-state index contributed by atoms with van der Waals surface area (Å²) in [7, 11) is 0. The van der Waals surface area contributed by atoms with Crippen molar-refractivity contribution in [2.75, 3.05) is 28.6 Å². The summed E-state index contributed by atoms with van der Waals surface area (Å²) >= 11 is 0. The fraction of sp³-hybridized carbons (Fsp3) is 0.545. The van der Waals surface area contributed by atoms with Crippen LogP contribution in [-0.4, -0.2) is 29.1 Å². The molecule has 5 heteroatoms. The number of hydrogen-bond donors (Lipinski definition) is 2. The molecule has 1 aliphatic carbocycles. The third kappa shape index (κ3) is 4.90. The van der Waals surface area contributed by atoms with E-state index in [4.69, 9.17) is 0 Å². The molecule has 144 valence electrons. The fourth-order valence-corrected chi connectivity index (χ4v) is 4.22. The number of anilines is 4. The van der Waals surface area contributed by atoms with Crippen molar-refractivity contribution in [2.24, 2.45) is 0 Å². The highest BCUT2D eigenvalue weighted by atomic mass is 15.1. The van der Waals surface area contributed by atoms with E-state index in [0.717, 1.165) is 23.1 Å². The molecule has 2 aliphatic rings. The topological polar surface area (TPSA) is 53.1 Å². The van der Waals surface area contributed by atoms with Gasteiger partial charge in [0.1, 0.15) is 17.5 Å². The predicted molar refractivity (Wildman–Crippen MR) is 113 cm³/mol. The van der Waals surface area contributed by atoms with Gasteiger partial charge in [-0.1, -0.05) is 19.3 Å². The lowest BCUT2D eigenvalue weighted by Crippen LogP contribution is -2.29. The van der Waals surface area contributed by atoms with Crippen molar-refractivity contribution in [1.29, 1.82) is 0 Å². The van der Waals surface area contributed by atoms with Crippen LogP contribution in [0.4, 0.5) is 23.0 Å². The van der Waals surface area contributed by atoms with E-state index in [9.17, 15) is 0 Å². The zero-order valence-electron chi connectivity index (χ0n) is 16.4. The number of aromatic nitrogens is 2. The number of rotatable bonds is 5. The van der Waals surface area contributed by atoms with Crippen molar-refractivity contribution in [2.45, 2.75) is 64.3 Å². The quantitative estimate of drug-likeness (QED) is 0.756. The molecular weight excluding hydrogens is 334 g/mol. The normalized spacial score (nSPS) is 18.3. The molecule has 2 aromatic rings. The first-order valence-corrected chi connectivity index (χ1v) is 10.5. The molecule has 1 aromatic heterocycles. The molecule has 4 rings (SSSR count). The summed E-state index contributed by atoms with van der Waals surface area (Å²) in [6.45, 7) is 4.30. The van der Waals surface area contributed by atoms with Gasteiger partial charge in [0.15, 0.2) is 0 Å². The molecule has 1 saturated heterocycles. The Balaban J connectivity index is 1.42. The van der Waals surface area contributed by atoms with Gasteiger partial charge in [-0.15, -0.1) is 0 Å². The van der Waals surface area contributed by atoms with Crippen molar-refractivity contribution in [1.82, 2.24) is 9.97 Å². The highest BCUT2D eigenvalue weighted by Gasteiger charge is 2.14. The number of nitrogens with one attached hydrogen (secondary N) is 2. The van der Waals surface area contributed by atoms with E-state index >= 15 is 0 Å². The smallest absolute Gasteiger partial charge is 0.136 e. The lowest BCUT2D eigenvalue weighted by molar-refractivity contribution is 0.462. The number of benzene rings is 1. The monoisotopic (exact) mass is 365 g/mol. The number of nitrogens with zero attached hydrogens (tertiary/aromatic N) is 3. The largest absolute Gasteiger partial charge is 0.372 e. The molecule has 5 nitrogen and oxygen atoms in total. The van der Waals surface area contributed by atoms with Crippen LogP contribution in [0.3, 0.4) is 0 Å². The molecule has 0 amide bonds. The molecule has 1 aromatic carbocycles. The van der Waals surface area contributed by atoms with Crippen molar-refractivity contribution >= 4 is 23.0 Å². The second-order valence-electron chi connectivity index (χ2n) is 7.88. The van der Waals surface area contributed by atoms with E-state index in [1.54, 1.807) is 0 Å². The predicted octanol–water partition coefficient (Wildman–Crippen LogP) is 5.26. The summed E-state index contributed by atoms with van der Waals surface area (Å²) in [4.78, 5) is 11.6. The molecule has 0 bridgehead atoms. The Morgan fingerprint density at radius 2 is 1.52 bits per heavy atom. The molecule has 27 heavy (non-hydrogen) atoms. The van der Waals surface area contributed by atoms with Crippen LogP contribution in [0.1, 0.15) is 57.2 Å². The maximum atomic E-state index is 4.58. The van der Waals surface area contributed by atoms with Gasteiger partial charge >= 0.3 is 0 Å². The minimum absolute atomic E-state index is 0.546. The van der Waals surface area contributed by atoms with Crippen molar-refractivity contribution in [3.63, 3.8) is 0 Å². The summed E-state index contributed by atoms with van der Waals surface area (Å²) in [5, 5.41) is 7.05. The maximum Gasteiger partial charge on any atom is 0.136 e. The van der Waals surface area contributed by atoms with Gasteiger partial charge in [0, 0.05) is 36.6 Å². The van der Waals surface area contributed by atoms with Crippen molar-refractivity contribution in [3.8, 4) is 0 Å². The van der Waals surface area contributed by atoms with Gasteiger partial charge in [0.05, 0.1) is 0 Å². The van der Waals surface area contributed by atoms with Crippen molar-refractivity contribution < 1.29 is 0 Å². The zero-order chi connectivity index (χ0) is 18.5. The highest BCUT2D eigenvalue weighted by molar-refractivity contribution is 5.62. The average Bonchev–Trinajstić information content (AvgIpc) is 2.70. The average molecular weight is 366 g/mol. The summed E-state index contributed by atoms with van der Waals surface area (Å²) in [5.41, 5.74) is 2.39. The first kappa shape index (κ1) is 18.1. The van der Waals surface area contributed by atoms with Crippen LogP contribution in [0, 0.1) is 6.92 Å². The minimum Gasteiger partial charge on any atom is -0.372 e. The van der Waals surface area contributed by atoms with Crippen LogP contribution in [0.5, 0.6) is 0 Å². The van der Waals surface area contributed by atoms with Crippen molar-refractivity contribution in [3.05, 3.63) is 36.2 Å². The van der Waals surface area contributed by atoms with Crippen LogP contribution >= 0.6 is 0 Å². The third-order valence-electron chi connectivity index (χ3n) is 5.66. The zero-order valence-corrected chi connectivity index (χ0v) is 16.4. The third-order valence-corrected chi connectivity index (χ3v) is 5.66. The molecule has 0 atom stereocenters. The fourth-order valence-electron chi connectivity index (χ4n) is 4.22. The van der Waals surface area contributed by atoms with E-state index in [1.165, 1.54) is 70.1 Å². The van der Waals surface area contributed by atoms with E-state index in [2.05, 4.69) is 49.8 Å². The minimum atomic E-state index is 0.546. The van der Waals surface area contributed by atoms with Gasteiger partial charge < -0.3 is 15.5 Å². The van der Waals surface area contributed by atoms with Gasteiger partial charge in [-0.3, -0.25) is 0 Å². The molecular formula is C22H31N5. The first-order chi connectivity index (χ1) is 13.3. The lowest BCUT2D eigenvalue weighted by Gasteiger charge is -2.28. The molecule has 2 N–H and O–H groups in total. The maximum absolute atomic E-state index is 4.58. The Morgan fingerprint density at radius 3 is 2.26 bits per heavy atom. The standard InChI is InChI=1S/C22H31N5/c1-17-23-21(25-18-8-4-2-5-9-18)16-22(24-17)26-19-10-12-20(13-11-19)27-14-6-3-7-15-27/h10-13,16,18H,2-9,14-15H2,1H3,(H2,23,24,25,26). The van der Waals surface area contributed by atoms with Crippen LogP contribution in [-0.2, 0) is 0 Å². The van der Waals surface area contributed by atoms with Gasteiger partial charge in [-0.25, -0.2) is 9.97 Å². The number of piperidine rings is 1. The second-order valence-corrected chi connectivity index (χ2v) is 7.88. The highest BCUT2D eigenvalue weighted by Crippen LogP contribution is 2.25. The summed E-state index contributed by atoms with van der Waals surface area (Å²) in [6, 6.07) is 11.3. The first-order valence-electron chi connectivity index (χ1n) is 10.5. The van der Waals surface area contributed by atoms with Gasteiger partial charge in [0.25, 0.3) is 0 Å². The molecule has 2 heterocycles. The Kier molecular flexibility index (Phi) is 5.75. The molecule has 1 saturated carbocycles. The lowest BCUT2D eigenvalue weighted by atomic mass is 9.95. The molecule has 0 unspecified atom stereocenters. The Morgan fingerprint density at radius 1 is 0.852 bits per heavy atom. The molecule has 2 fully saturated rings. The van der Waals surface area contributed by atoms with Crippen LogP contribution in [0.15, 0.2) is 30.3 Å². The summed E-state index contributed by atoms with van der Waals surface area (Å²) in [6.07, 6.45) is 10.4. The Labute approximate surface area is 162 Å². The molecule has 0 radical (unpaired) electrons. The van der Waals surface area contributed by atoms with Crippen LogP contribution in [0.2, 0.25) is 0 Å².